The number of fused-ring (bicyclic) bond motifs is 3. The van der Waals surface area contributed by atoms with Crippen LogP contribution in [0.1, 0.15) is 46.3 Å². The Hall–Kier alpha value is -4.40. The first kappa shape index (κ1) is 21.4. The number of hydrogen-bond donors (Lipinski definition) is 2. The van der Waals surface area contributed by atoms with Gasteiger partial charge in [0.1, 0.15) is 22.6 Å². The fraction of sp³-hybridized carbons (Fsp3) is 0.200. The number of rotatable bonds is 4. The number of Topliss-reactive ketones (excluding diaryl/α,β-unsaturated/α-hetero) is 1. The number of phenols is 1. The van der Waals surface area contributed by atoms with E-state index in [9.17, 15) is 19.5 Å². The predicted octanol–water partition coefficient (Wildman–Crippen LogP) is 3.85. The summed E-state index contributed by atoms with van der Waals surface area (Å²) in [6.45, 7) is 2.91. The maximum Gasteiger partial charge on any atom is 0.336 e. The van der Waals surface area contributed by atoms with Gasteiger partial charge in [-0.15, -0.1) is 0 Å². The number of carbonyl (C=O) groups is 2. The third-order valence-corrected chi connectivity index (χ3v) is 6.06. The number of H-pyrrole nitrogens is 1. The number of nitrogens with zero attached hydrogens (tertiary/aromatic N) is 1. The molecule has 1 atom stereocenters. The Balaban J connectivity index is 1.83. The van der Waals surface area contributed by atoms with E-state index < -0.39 is 29.0 Å². The largest absolute Gasteiger partial charge is 0.506 e. The number of nitrogens with one attached hydrogen (secondary N) is 1. The van der Waals surface area contributed by atoms with Gasteiger partial charge in [0.2, 0.25) is 0 Å². The van der Waals surface area contributed by atoms with Gasteiger partial charge in [-0.05, 0) is 43.7 Å². The number of esters is 1. The molecule has 0 unspecified atom stereocenters. The minimum Gasteiger partial charge on any atom is -0.506 e. The fourth-order valence-corrected chi connectivity index (χ4v) is 4.55. The molecule has 9 heteroatoms. The van der Waals surface area contributed by atoms with Crippen LogP contribution in [-0.4, -0.2) is 34.2 Å². The highest BCUT2D eigenvalue weighted by molar-refractivity contribution is 6.09. The summed E-state index contributed by atoms with van der Waals surface area (Å²) < 4.78 is 16.2. The molecule has 0 saturated heterocycles. The lowest BCUT2D eigenvalue weighted by Crippen LogP contribution is -2.24. The van der Waals surface area contributed by atoms with Gasteiger partial charge in [0.05, 0.1) is 30.8 Å². The lowest BCUT2D eigenvalue weighted by atomic mass is 9.82. The topological polar surface area (TPSA) is 132 Å². The van der Waals surface area contributed by atoms with Crippen molar-refractivity contribution in [3.05, 3.63) is 69.2 Å². The molecule has 2 aromatic carbocycles. The number of benzene rings is 2. The Labute approximate surface area is 192 Å². The van der Waals surface area contributed by atoms with E-state index in [0.29, 0.717) is 28.1 Å². The number of aryl methyl sites for hydroxylation is 1. The smallest absolute Gasteiger partial charge is 0.336 e. The zero-order chi connectivity index (χ0) is 24.1. The summed E-state index contributed by atoms with van der Waals surface area (Å²) in [7, 11) is 1.57. The molecule has 4 aromatic rings. The Kier molecular flexibility index (Phi) is 4.97. The molecule has 0 radical (unpaired) electrons. The summed E-state index contributed by atoms with van der Waals surface area (Å²) in [5, 5.41) is 18.3. The molecule has 9 nitrogen and oxygen atoms in total. The molecule has 0 fully saturated rings. The zero-order valence-electron chi connectivity index (χ0n) is 18.6. The van der Waals surface area contributed by atoms with Crippen LogP contribution < -0.4 is 15.1 Å². The van der Waals surface area contributed by atoms with Crippen LogP contribution >= 0.6 is 0 Å². The van der Waals surface area contributed by atoms with Gasteiger partial charge in [0.15, 0.2) is 11.5 Å². The molecular formula is C25H20N2O7. The average molecular weight is 460 g/mol. The Morgan fingerprint density at radius 1 is 1.24 bits per heavy atom. The van der Waals surface area contributed by atoms with Gasteiger partial charge >= 0.3 is 11.6 Å². The van der Waals surface area contributed by atoms with Gasteiger partial charge in [0, 0.05) is 28.7 Å². The Bertz CT molecular complexity index is 1530. The Morgan fingerprint density at radius 2 is 1.97 bits per heavy atom. The molecule has 1 aliphatic rings. The molecule has 0 spiro atoms. The Morgan fingerprint density at radius 3 is 2.65 bits per heavy atom. The van der Waals surface area contributed by atoms with E-state index in [-0.39, 0.29) is 28.7 Å². The number of phenolic OH excluding ortho intramolecular Hbond substituents is 1. The van der Waals surface area contributed by atoms with E-state index in [4.69, 9.17) is 13.9 Å². The summed E-state index contributed by atoms with van der Waals surface area (Å²) in [5.74, 6) is -1.54. The van der Waals surface area contributed by atoms with Crippen molar-refractivity contribution in [2.75, 3.05) is 7.11 Å². The number of ether oxygens (including phenoxy) is 2. The van der Waals surface area contributed by atoms with Gasteiger partial charge in [-0.2, -0.15) is 5.10 Å². The number of aromatic nitrogens is 2. The van der Waals surface area contributed by atoms with Crippen molar-refractivity contribution in [3.8, 4) is 28.5 Å². The van der Waals surface area contributed by atoms with Gasteiger partial charge in [0.25, 0.3) is 0 Å². The molecule has 1 aliphatic heterocycles. The van der Waals surface area contributed by atoms with Crippen LogP contribution in [0.15, 0.2) is 45.7 Å². The molecule has 172 valence electrons. The average Bonchev–Trinajstić information content (AvgIpc) is 3.27. The van der Waals surface area contributed by atoms with Crippen molar-refractivity contribution in [1.82, 2.24) is 10.2 Å². The predicted molar refractivity (Wildman–Crippen MR) is 122 cm³/mol. The summed E-state index contributed by atoms with van der Waals surface area (Å²) in [5.41, 5.74) is 2.18. The standard InChI is InChI=1S/C25H20N2O7/c1-11-8-17(29)33-24-19(11)23(31)20(12(2)28)25-21(24)15(9-18(30)34-25)16-10-26-27-22(16)13-4-6-14(32-3)7-5-13/h4-8,10,15,31H,9H2,1-3H3,(H,26,27)/t15-/m0/s1. The molecule has 2 N–H and O–H groups in total. The van der Waals surface area contributed by atoms with E-state index in [0.717, 1.165) is 5.56 Å². The lowest BCUT2D eigenvalue weighted by molar-refractivity contribution is -0.135. The molecule has 3 heterocycles. The third kappa shape index (κ3) is 3.24. The number of carbonyl (C=O) groups excluding carboxylic acids is 2. The summed E-state index contributed by atoms with van der Waals surface area (Å²) in [4.78, 5) is 37.5. The fourth-order valence-electron chi connectivity index (χ4n) is 4.55. The van der Waals surface area contributed by atoms with Crippen molar-refractivity contribution in [2.24, 2.45) is 0 Å². The monoisotopic (exact) mass is 460 g/mol. The lowest BCUT2D eigenvalue weighted by Gasteiger charge is -2.27. The van der Waals surface area contributed by atoms with E-state index in [1.165, 1.54) is 13.0 Å². The highest BCUT2D eigenvalue weighted by Crippen LogP contribution is 2.50. The molecule has 0 saturated carbocycles. The number of hydrogen-bond acceptors (Lipinski definition) is 8. The van der Waals surface area contributed by atoms with Crippen molar-refractivity contribution in [3.63, 3.8) is 0 Å². The summed E-state index contributed by atoms with van der Waals surface area (Å²) in [6.07, 6.45) is 1.51. The van der Waals surface area contributed by atoms with Crippen molar-refractivity contribution in [2.45, 2.75) is 26.2 Å². The van der Waals surface area contributed by atoms with Crippen LogP contribution in [0.2, 0.25) is 0 Å². The van der Waals surface area contributed by atoms with E-state index in [1.807, 2.05) is 12.1 Å². The van der Waals surface area contributed by atoms with E-state index >= 15 is 0 Å². The minimum atomic E-state index is -0.654. The first-order chi connectivity index (χ1) is 16.3. The second kappa shape index (κ2) is 7.87. The first-order valence-corrected chi connectivity index (χ1v) is 10.5. The SMILES string of the molecule is COc1ccc(-c2[nH]ncc2[C@@H]2CC(=O)Oc3c(C(C)=O)c(O)c4c(C)cc(=O)oc4c32)cc1. The molecule has 0 amide bonds. The molecule has 5 rings (SSSR count). The van der Waals surface area contributed by atoms with Crippen LogP contribution in [0, 0.1) is 6.92 Å². The van der Waals surface area contributed by atoms with Crippen molar-refractivity contribution < 1.29 is 28.6 Å². The molecule has 34 heavy (non-hydrogen) atoms. The third-order valence-electron chi connectivity index (χ3n) is 6.06. The van der Waals surface area contributed by atoms with Gasteiger partial charge in [-0.25, -0.2) is 4.79 Å². The number of aromatic hydroxyl groups is 1. The molecule has 0 aliphatic carbocycles. The number of ketones is 1. The van der Waals surface area contributed by atoms with Crippen LogP contribution in [0.4, 0.5) is 0 Å². The highest BCUT2D eigenvalue weighted by Gasteiger charge is 2.38. The van der Waals surface area contributed by atoms with Gasteiger partial charge in [-0.1, -0.05) is 0 Å². The second-order valence-electron chi connectivity index (χ2n) is 8.13. The second-order valence-corrected chi connectivity index (χ2v) is 8.13. The maximum absolute atomic E-state index is 12.7. The number of methoxy groups -OCH3 is 1. The normalized spacial score (nSPS) is 15.1. The van der Waals surface area contributed by atoms with Gasteiger partial charge < -0.3 is 19.0 Å². The van der Waals surface area contributed by atoms with Crippen molar-refractivity contribution in [1.29, 1.82) is 0 Å². The molecular weight excluding hydrogens is 440 g/mol. The molecule has 2 aromatic heterocycles. The maximum atomic E-state index is 12.7. The highest BCUT2D eigenvalue weighted by atomic mass is 16.5. The van der Waals surface area contributed by atoms with Crippen molar-refractivity contribution >= 4 is 22.7 Å². The summed E-state index contributed by atoms with van der Waals surface area (Å²) in [6, 6.07) is 8.53. The van der Waals surface area contributed by atoms with Gasteiger partial charge in [-0.3, -0.25) is 14.7 Å². The van der Waals surface area contributed by atoms with Crippen LogP contribution in [0.5, 0.6) is 17.2 Å². The quantitative estimate of drug-likeness (QED) is 0.203. The summed E-state index contributed by atoms with van der Waals surface area (Å²) >= 11 is 0. The van der Waals surface area contributed by atoms with Crippen LogP contribution in [0.3, 0.4) is 0 Å². The molecule has 0 bridgehead atoms. The minimum absolute atomic E-state index is 0.0712. The van der Waals surface area contributed by atoms with Crippen LogP contribution in [0.25, 0.3) is 22.2 Å². The van der Waals surface area contributed by atoms with E-state index in [2.05, 4.69) is 10.2 Å². The van der Waals surface area contributed by atoms with Crippen LogP contribution in [-0.2, 0) is 4.79 Å². The van der Waals surface area contributed by atoms with E-state index in [1.54, 1.807) is 32.4 Å². The number of aromatic amines is 1. The first-order valence-electron chi connectivity index (χ1n) is 10.5. The zero-order valence-corrected chi connectivity index (χ0v) is 18.6.